The van der Waals surface area contributed by atoms with Crippen molar-refractivity contribution < 1.29 is 9.47 Å². The van der Waals surface area contributed by atoms with Gasteiger partial charge in [-0.15, -0.1) is 0 Å². The number of methoxy groups -OCH3 is 2. The third-order valence-electron chi connectivity index (χ3n) is 7.51. The first-order valence-electron chi connectivity index (χ1n) is 12.9. The van der Waals surface area contributed by atoms with Crippen molar-refractivity contribution in [2.45, 2.75) is 38.6 Å². The number of aryl methyl sites for hydroxylation is 1. The minimum atomic E-state index is -0.329. The molecular formula is C32H30N2O3S. The number of thiazole rings is 1. The molecule has 1 atom stereocenters. The van der Waals surface area contributed by atoms with E-state index in [1.807, 2.05) is 28.8 Å². The molecule has 0 amide bonds. The Bertz CT molecular complexity index is 1740. The van der Waals surface area contributed by atoms with Crippen LogP contribution in [0.15, 0.2) is 82.1 Å². The number of aromatic nitrogens is 1. The molecule has 5 nitrogen and oxygen atoms in total. The van der Waals surface area contributed by atoms with Crippen LogP contribution in [0.2, 0.25) is 0 Å². The molecule has 1 aliphatic heterocycles. The predicted octanol–water partition coefficient (Wildman–Crippen LogP) is 5.46. The van der Waals surface area contributed by atoms with Gasteiger partial charge in [0.25, 0.3) is 5.56 Å². The maximum absolute atomic E-state index is 14.0. The number of fused-ring (bicyclic) bond motifs is 3. The Morgan fingerprint density at radius 3 is 2.53 bits per heavy atom. The van der Waals surface area contributed by atoms with Crippen LogP contribution in [0.4, 0.5) is 0 Å². The predicted molar refractivity (Wildman–Crippen MR) is 153 cm³/mol. The summed E-state index contributed by atoms with van der Waals surface area (Å²) in [5.41, 5.74) is 7.68. The highest BCUT2D eigenvalue weighted by Crippen LogP contribution is 2.44. The van der Waals surface area contributed by atoms with Gasteiger partial charge in [0, 0.05) is 11.1 Å². The summed E-state index contributed by atoms with van der Waals surface area (Å²) in [6.45, 7) is 4.36. The SMILES string of the molecule is COc1ccc(OC)c(C2C3=C(N=c4sc(=Cc5ccc(C(C)C)cc5)c(=O)n42)c2ccccc2CC3)c1. The van der Waals surface area contributed by atoms with Crippen LogP contribution in [0.5, 0.6) is 11.5 Å². The molecule has 38 heavy (non-hydrogen) atoms. The second kappa shape index (κ2) is 9.76. The van der Waals surface area contributed by atoms with Crippen LogP contribution in [0.3, 0.4) is 0 Å². The molecule has 2 heterocycles. The van der Waals surface area contributed by atoms with Gasteiger partial charge in [-0.2, -0.15) is 0 Å². The summed E-state index contributed by atoms with van der Waals surface area (Å²) in [6.07, 6.45) is 3.70. The van der Waals surface area contributed by atoms with E-state index in [0.717, 1.165) is 52.3 Å². The number of allylic oxidation sites excluding steroid dienone is 1. The smallest absolute Gasteiger partial charge is 0.271 e. The molecule has 0 radical (unpaired) electrons. The van der Waals surface area contributed by atoms with Gasteiger partial charge in [0.2, 0.25) is 0 Å². The second-order valence-electron chi connectivity index (χ2n) is 10.0. The van der Waals surface area contributed by atoms with E-state index in [0.29, 0.717) is 15.3 Å². The van der Waals surface area contributed by atoms with Crippen LogP contribution in [-0.2, 0) is 6.42 Å². The molecule has 0 saturated carbocycles. The van der Waals surface area contributed by atoms with Crippen LogP contribution in [0.1, 0.15) is 60.0 Å². The molecule has 1 aromatic heterocycles. The van der Waals surface area contributed by atoms with Crippen LogP contribution in [0.25, 0.3) is 11.8 Å². The van der Waals surface area contributed by atoms with E-state index in [4.69, 9.17) is 14.5 Å². The van der Waals surface area contributed by atoms with Gasteiger partial charge >= 0.3 is 0 Å². The van der Waals surface area contributed by atoms with Gasteiger partial charge < -0.3 is 9.47 Å². The topological polar surface area (TPSA) is 52.8 Å². The molecule has 1 aliphatic carbocycles. The normalized spacial score (nSPS) is 16.6. The van der Waals surface area contributed by atoms with Gasteiger partial charge in [-0.1, -0.05) is 73.7 Å². The zero-order chi connectivity index (χ0) is 26.4. The highest BCUT2D eigenvalue weighted by molar-refractivity contribution is 7.07. The van der Waals surface area contributed by atoms with E-state index in [1.165, 1.54) is 22.5 Å². The summed E-state index contributed by atoms with van der Waals surface area (Å²) in [5.74, 6) is 1.91. The number of hydrogen-bond acceptors (Lipinski definition) is 5. The van der Waals surface area contributed by atoms with Crippen molar-refractivity contribution in [3.8, 4) is 11.5 Å². The largest absolute Gasteiger partial charge is 0.497 e. The molecular weight excluding hydrogens is 492 g/mol. The van der Waals surface area contributed by atoms with E-state index in [1.54, 1.807) is 14.2 Å². The first kappa shape index (κ1) is 24.4. The van der Waals surface area contributed by atoms with Crippen molar-refractivity contribution in [2.75, 3.05) is 14.2 Å². The molecule has 192 valence electrons. The maximum atomic E-state index is 14.0. The third-order valence-corrected chi connectivity index (χ3v) is 8.49. The summed E-state index contributed by atoms with van der Waals surface area (Å²) in [6, 6.07) is 22.3. The standard InChI is InChI=1S/C32H30N2O3S/c1-19(2)21-11-9-20(10-12-21)17-28-31(35)34-30(26-18-23(36-3)14-16-27(26)37-4)25-15-13-22-7-5-6-8-24(22)29(25)33-32(34)38-28/h5-12,14,16-19,30H,13,15H2,1-4H3. The van der Waals surface area contributed by atoms with E-state index in [-0.39, 0.29) is 11.6 Å². The van der Waals surface area contributed by atoms with Gasteiger partial charge in [-0.05, 0) is 65.3 Å². The van der Waals surface area contributed by atoms with E-state index in [2.05, 4.69) is 62.4 Å². The van der Waals surface area contributed by atoms with Crippen molar-refractivity contribution in [3.63, 3.8) is 0 Å². The fraction of sp³-hybridized carbons (Fsp3) is 0.250. The lowest BCUT2D eigenvalue weighted by molar-refractivity contribution is 0.392. The Kier molecular flexibility index (Phi) is 6.28. The number of rotatable bonds is 5. The second-order valence-corrected chi connectivity index (χ2v) is 11.1. The number of ether oxygens (including phenoxy) is 2. The Hall–Kier alpha value is -3.90. The highest BCUT2D eigenvalue weighted by Gasteiger charge is 2.34. The van der Waals surface area contributed by atoms with Crippen molar-refractivity contribution >= 4 is 23.1 Å². The van der Waals surface area contributed by atoms with Crippen LogP contribution < -0.4 is 24.4 Å². The van der Waals surface area contributed by atoms with Gasteiger partial charge in [-0.3, -0.25) is 9.36 Å². The van der Waals surface area contributed by atoms with Crippen molar-refractivity contribution in [1.29, 1.82) is 0 Å². The Morgan fingerprint density at radius 2 is 1.79 bits per heavy atom. The van der Waals surface area contributed by atoms with Gasteiger partial charge in [0.05, 0.1) is 30.5 Å². The molecule has 0 saturated heterocycles. The third kappa shape index (κ3) is 4.09. The van der Waals surface area contributed by atoms with Gasteiger partial charge in [-0.25, -0.2) is 4.99 Å². The molecule has 3 aromatic carbocycles. The monoisotopic (exact) mass is 522 g/mol. The zero-order valence-electron chi connectivity index (χ0n) is 22.0. The first-order chi connectivity index (χ1) is 18.5. The van der Waals surface area contributed by atoms with E-state index >= 15 is 0 Å². The Balaban J connectivity index is 1.61. The van der Waals surface area contributed by atoms with E-state index in [9.17, 15) is 4.79 Å². The number of benzene rings is 3. The lowest BCUT2D eigenvalue weighted by Gasteiger charge is -2.31. The molecule has 6 heteroatoms. The van der Waals surface area contributed by atoms with Crippen LogP contribution >= 0.6 is 11.3 Å². The summed E-state index contributed by atoms with van der Waals surface area (Å²) < 4.78 is 13.9. The Morgan fingerprint density at radius 1 is 1.00 bits per heavy atom. The van der Waals surface area contributed by atoms with Crippen LogP contribution in [0, 0.1) is 0 Å². The molecule has 1 unspecified atom stereocenters. The molecule has 2 aliphatic rings. The van der Waals surface area contributed by atoms with Crippen LogP contribution in [-0.4, -0.2) is 18.8 Å². The van der Waals surface area contributed by atoms with Gasteiger partial charge in [0.15, 0.2) is 4.80 Å². The molecule has 0 spiro atoms. The lowest BCUT2D eigenvalue weighted by Crippen LogP contribution is -2.39. The van der Waals surface area contributed by atoms with Crippen molar-refractivity contribution in [2.24, 2.45) is 4.99 Å². The first-order valence-corrected chi connectivity index (χ1v) is 13.7. The lowest BCUT2D eigenvalue weighted by atomic mass is 9.83. The molecule has 0 N–H and O–H groups in total. The van der Waals surface area contributed by atoms with Gasteiger partial charge in [0.1, 0.15) is 11.5 Å². The minimum absolute atomic E-state index is 0.0398. The fourth-order valence-electron chi connectivity index (χ4n) is 5.48. The minimum Gasteiger partial charge on any atom is -0.497 e. The molecule has 4 aromatic rings. The highest BCUT2D eigenvalue weighted by atomic mass is 32.1. The fourth-order valence-corrected chi connectivity index (χ4v) is 6.48. The zero-order valence-corrected chi connectivity index (χ0v) is 22.8. The molecule has 0 fully saturated rings. The quantitative estimate of drug-likeness (QED) is 0.350. The average Bonchev–Trinajstić information content (AvgIpc) is 3.25. The van der Waals surface area contributed by atoms with Crippen molar-refractivity contribution in [1.82, 2.24) is 4.57 Å². The van der Waals surface area contributed by atoms with Crippen molar-refractivity contribution in [3.05, 3.63) is 120 Å². The maximum Gasteiger partial charge on any atom is 0.271 e. The van der Waals surface area contributed by atoms with E-state index < -0.39 is 0 Å². The summed E-state index contributed by atoms with van der Waals surface area (Å²) in [5, 5.41) is 0. The summed E-state index contributed by atoms with van der Waals surface area (Å²) in [7, 11) is 3.32. The number of hydrogen-bond donors (Lipinski definition) is 0. The summed E-state index contributed by atoms with van der Waals surface area (Å²) >= 11 is 1.44. The summed E-state index contributed by atoms with van der Waals surface area (Å²) in [4.78, 5) is 19.8. The average molecular weight is 523 g/mol. The molecule has 0 bridgehead atoms. The number of nitrogens with zero attached hydrogens (tertiary/aromatic N) is 2. The molecule has 6 rings (SSSR count). The Labute approximate surface area is 226 Å².